The van der Waals surface area contributed by atoms with Crippen LogP contribution in [0.3, 0.4) is 0 Å². The summed E-state index contributed by atoms with van der Waals surface area (Å²) < 4.78 is 15.0. The summed E-state index contributed by atoms with van der Waals surface area (Å²) >= 11 is 0. The van der Waals surface area contributed by atoms with Gasteiger partial charge in [-0.15, -0.1) is 0 Å². The Kier molecular flexibility index (Phi) is 5.48. The minimum Gasteiger partial charge on any atom is -0.324 e. The van der Waals surface area contributed by atoms with E-state index in [2.05, 4.69) is 20.3 Å². The third-order valence-corrected chi connectivity index (χ3v) is 5.09. The number of fused-ring (bicyclic) bond motifs is 1. The molecule has 0 radical (unpaired) electrons. The fourth-order valence-electron chi connectivity index (χ4n) is 3.58. The monoisotopic (exact) mass is 415 g/mol. The van der Waals surface area contributed by atoms with Crippen LogP contribution in [0.5, 0.6) is 0 Å². The maximum atomic E-state index is 14.6. The average molecular weight is 415 g/mol. The van der Waals surface area contributed by atoms with Crippen LogP contribution in [-0.2, 0) is 10.9 Å². The molecular formula is C20H22FN5O4. The van der Waals surface area contributed by atoms with Gasteiger partial charge in [0.1, 0.15) is 11.6 Å². The molecule has 0 bridgehead atoms. The zero-order valence-electron chi connectivity index (χ0n) is 16.1. The van der Waals surface area contributed by atoms with Gasteiger partial charge >= 0.3 is 6.10 Å². The van der Waals surface area contributed by atoms with E-state index < -0.39 is 11.9 Å². The summed E-state index contributed by atoms with van der Waals surface area (Å²) in [6.07, 6.45) is 3.98. The highest BCUT2D eigenvalue weighted by molar-refractivity contribution is 5.94. The first kappa shape index (κ1) is 20.4. The highest BCUT2D eigenvalue weighted by atomic mass is 19.1. The first-order valence-electron chi connectivity index (χ1n) is 9.64. The van der Waals surface area contributed by atoms with E-state index in [1.54, 1.807) is 12.1 Å². The van der Waals surface area contributed by atoms with Crippen LogP contribution in [0.1, 0.15) is 19.3 Å². The summed E-state index contributed by atoms with van der Waals surface area (Å²) in [6, 6.07) is 4.48. The number of amides is 1. The van der Waals surface area contributed by atoms with Crippen molar-refractivity contribution in [2.24, 2.45) is 0 Å². The molecule has 4 rings (SSSR count). The fraction of sp³-hybridized carbons (Fsp3) is 0.350. The molecule has 0 spiro atoms. The molecule has 3 aromatic rings. The van der Waals surface area contributed by atoms with Crippen molar-refractivity contribution in [1.82, 2.24) is 19.7 Å². The van der Waals surface area contributed by atoms with Crippen molar-refractivity contribution in [2.75, 3.05) is 25.0 Å². The molecule has 0 atom stereocenters. The average Bonchev–Trinajstić information content (AvgIpc) is 3.19. The number of benzene rings is 1. The van der Waals surface area contributed by atoms with Gasteiger partial charge in [-0.25, -0.2) is 9.37 Å². The van der Waals surface area contributed by atoms with Crippen LogP contribution in [0.4, 0.5) is 10.2 Å². The third kappa shape index (κ3) is 4.46. The van der Waals surface area contributed by atoms with Gasteiger partial charge in [-0.1, -0.05) is 6.42 Å². The molecule has 9 nitrogen and oxygen atoms in total. The summed E-state index contributed by atoms with van der Waals surface area (Å²) in [5.74, 6) is -0.361. The largest absolute Gasteiger partial charge is 0.389 e. The van der Waals surface area contributed by atoms with Crippen LogP contribution in [0.2, 0.25) is 0 Å². The molecule has 0 aliphatic carbocycles. The topological polar surface area (TPSA) is 124 Å². The molecule has 0 saturated carbocycles. The molecule has 1 amide bonds. The molecule has 30 heavy (non-hydrogen) atoms. The molecule has 1 aliphatic rings. The zero-order chi connectivity index (χ0) is 21.3. The normalized spacial score (nSPS) is 15.5. The van der Waals surface area contributed by atoms with Gasteiger partial charge in [0.25, 0.3) is 0 Å². The lowest BCUT2D eigenvalue weighted by atomic mass is 10.0. The van der Waals surface area contributed by atoms with Crippen molar-refractivity contribution in [3.8, 4) is 11.1 Å². The maximum absolute atomic E-state index is 14.6. The quantitative estimate of drug-likeness (QED) is 0.462. The van der Waals surface area contributed by atoms with Gasteiger partial charge in [0.05, 0.1) is 12.7 Å². The van der Waals surface area contributed by atoms with E-state index >= 15 is 0 Å². The number of aromatic nitrogens is 3. The second-order valence-electron chi connectivity index (χ2n) is 7.41. The number of carbonyl (C=O) groups excluding carboxylic acids is 1. The van der Waals surface area contributed by atoms with Crippen LogP contribution >= 0.6 is 0 Å². The smallest absolute Gasteiger partial charge is 0.324 e. The SMILES string of the molecule is O=C(CN1CCCCC1)Nc1cc2cc(-c3cnn(C(O)(O)O)c3)c(F)cc2cn1. The number of piperidine rings is 1. The van der Waals surface area contributed by atoms with Gasteiger partial charge in [0.15, 0.2) is 0 Å². The number of hydrogen-bond donors (Lipinski definition) is 4. The Morgan fingerprint density at radius 2 is 1.87 bits per heavy atom. The second-order valence-corrected chi connectivity index (χ2v) is 7.41. The van der Waals surface area contributed by atoms with E-state index in [0.717, 1.165) is 32.1 Å². The van der Waals surface area contributed by atoms with E-state index in [-0.39, 0.29) is 17.0 Å². The number of nitrogens with zero attached hydrogens (tertiary/aromatic N) is 4. The van der Waals surface area contributed by atoms with Crippen molar-refractivity contribution in [1.29, 1.82) is 0 Å². The molecule has 1 aromatic carbocycles. The number of nitrogens with one attached hydrogen (secondary N) is 1. The third-order valence-electron chi connectivity index (χ3n) is 5.09. The predicted molar refractivity (Wildman–Crippen MR) is 106 cm³/mol. The number of pyridine rings is 1. The van der Waals surface area contributed by atoms with Crippen LogP contribution < -0.4 is 5.32 Å². The summed E-state index contributed by atoms with van der Waals surface area (Å²) in [5.41, 5.74) is 0.387. The van der Waals surface area contributed by atoms with Gasteiger partial charge in [-0.3, -0.25) is 9.69 Å². The van der Waals surface area contributed by atoms with Crippen LogP contribution in [0.25, 0.3) is 21.9 Å². The Morgan fingerprint density at radius 3 is 2.57 bits per heavy atom. The van der Waals surface area contributed by atoms with E-state index in [9.17, 15) is 24.5 Å². The van der Waals surface area contributed by atoms with Gasteiger partial charge in [0, 0.05) is 28.9 Å². The zero-order valence-corrected chi connectivity index (χ0v) is 16.1. The van der Waals surface area contributed by atoms with E-state index in [0.29, 0.717) is 27.8 Å². The van der Waals surface area contributed by atoms with Gasteiger partial charge in [-0.05, 0) is 49.5 Å². The highest BCUT2D eigenvalue weighted by Crippen LogP contribution is 2.29. The van der Waals surface area contributed by atoms with Crippen LogP contribution in [-0.4, -0.2) is 60.5 Å². The van der Waals surface area contributed by atoms with Gasteiger partial charge in [0.2, 0.25) is 5.91 Å². The minimum absolute atomic E-state index is 0.148. The number of anilines is 1. The van der Waals surface area contributed by atoms with E-state index in [1.165, 1.54) is 24.9 Å². The Bertz CT molecular complexity index is 1070. The van der Waals surface area contributed by atoms with Crippen molar-refractivity contribution in [3.63, 3.8) is 0 Å². The number of likely N-dealkylation sites (tertiary alicyclic amines) is 1. The lowest BCUT2D eigenvalue weighted by molar-refractivity contribution is -0.380. The van der Waals surface area contributed by atoms with Gasteiger partial charge in [-0.2, -0.15) is 9.78 Å². The molecule has 3 heterocycles. The first-order chi connectivity index (χ1) is 14.3. The first-order valence-corrected chi connectivity index (χ1v) is 9.64. The van der Waals surface area contributed by atoms with Crippen LogP contribution in [0, 0.1) is 5.82 Å². The molecule has 4 N–H and O–H groups in total. The summed E-state index contributed by atoms with van der Waals surface area (Å²) in [7, 11) is 0. The number of halogens is 1. The predicted octanol–water partition coefficient (Wildman–Crippen LogP) is 1.21. The Balaban J connectivity index is 1.56. The minimum atomic E-state index is -3.18. The lowest BCUT2D eigenvalue weighted by Gasteiger charge is -2.25. The fourth-order valence-corrected chi connectivity index (χ4v) is 3.58. The molecule has 1 fully saturated rings. The molecular weight excluding hydrogens is 393 g/mol. The lowest BCUT2D eigenvalue weighted by Crippen LogP contribution is -2.36. The number of hydrogen-bond acceptors (Lipinski definition) is 7. The summed E-state index contributed by atoms with van der Waals surface area (Å²) in [4.78, 5) is 18.6. The Morgan fingerprint density at radius 1 is 1.10 bits per heavy atom. The van der Waals surface area contributed by atoms with Crippen molar-refractivity contribution in [3.05, 3.63) is 42.6 Å². The summed E-state index contributed by atoms with van der Waals surface area (Å²) in [5, 5.41) is 35.2. The molecule has 158 valence electrons. The Hall–Kier alpha value is -2.92. The Labute approximate surface area is 171 Å². The molecule has 10 heteroatoms. The van der Waals surface area contributed by atoms with E-state index in [1.807, 2.05) is 0 Å². The maximum Gasteiger partial charge on any atom is 0.389 e. The molecule has 0 unspecified atom stereocenters. The van der Waals surface area contributed by atoms with Gasteiger partial charge < -0.3 is 20.6 Å². The summed E-state index contributed by atoms with van der Waals surface area (Å²) in [6.45, 7) is 2.12. The van der Waals surface area contributed by atoms with Crippen LogP contribution in [0.15, 0.2) is 36.8 Å². The second kappa shape index (κ2) is 8.07. The van der Waals surface area contributed by atoms with E-state index in [4.69, 9.17) is 0 Å². The van der Waals surface area contributed by atoms with Crippen molar-refractivity contribution >= 4 is 22.5 Å². The molecule has 1 saturated heterocycles. The number of aliphatic hydroxyl groups is 3. The molecule has 2 aromatic heterocycles. The van der Waals surface area contributed by atoms with Crippen molar-refractivity contribution in [2.45, 2.75) is 25.4 Å². The molecule has 1 aliphatic heterocycles. The number of carbonyl (C=O) groups is 1. The van der Waals surface area contributed by atoms with Crippen molar-refractivity contribution < 1.29 is 24.5 Å². The standard InChI is InChI=1S/C20H22FN5O4/c21-17-7-14-9-22-18(24-19(27)12-25-4-2-1-3-5-25)8-13(14)6-16(17)15-10-23-26(11-15)20(28,29)30/h6-11,28-30H,1-5,12H2,(H,22,24,27). The number of rotatable bonds is 5. The highest BCUT2D eigenvalue weighted by Gasteiger charge is 2.23.